The van der Waals surface area contributed by atoms with Crippen molar-refractivity contribution in [2.24, 2.45) is 11.7 Å². The number of hydrogen-bond donors (Lipinski definition) is 3. The largest absolute Gasteiger partial charge is 0.391 e. The third-order valence-corrected chi connectivity index (χ3v) is 5.95. The van der Waals surface area contributed by atoms with Crippen LogP contribution in [0.1, 0.15) is 6.92 Å². The molecule has 0 bridgehead atoms. The second kappa shape index (κ2) is 8.38. The molecule has 1 aromatic carbocycles. The zero-order chi connectivity index (χ0) is 23.1. The van der Waals surface area contributed by atoms with Gasteiger partial charge in [-0.2, -0.15) is 9.61 Å². The second-order valence-corrected chi connectivity index (χ2v) is 8.29. The highest BCUT2D eigenvalue weighted by molar-refractivity contribution is 5.74. The van der Waals surface area contributed by atoms with Crippen molar-refractivity contribution < 1.29 is 13.9 Å². The summed E-state index contributed by atoms with van der Waals surface area (Å²) in [6, 6.07) is 8.45. The zero-order valence-corrected chi connectivity index (χ0v) is 17.9. The predicted molar refractivity (Wildman–Crippen MR) is 121 cm³/mol. The first-order valence-corrected chi connectivity index (χ1v) is 10.6. The molecule has 3 unspecified atom stereocenters. The molecular formula is C23H23F2N7O. The number of piperidine rings is 1. The molecule has 0 aliphatic carbocycles. The number of benzene rings is 1. The maximum Gasteiger partial charge on any atom is 0.229 e. The average molecular weight is 451 g/mol. The lowest BCUT2D eigenvalue weighted by Crippen LogP contribution is -2.55. The van der Waals surface area contributed by atoms with Crippen molar-refractivity contribution in [2.45, 2.75) is 19.1 Å². The van der Waals surface area contributed by atoms with Gasteiger partial charge in [0.2, 0.25) is 5.95 Å². The van der Waals surface area contributed by atoms with E-state index in [2.05, 4.69) is 25.3 Å². The molecule has 0 amide bonds. The van der Waals surface area contributed by atoms with Crippen molar-refractivity contribution in [3.05, 3.63) is 66.6 Å². The second-order valence-electron chi connectivity index (χ2n) is 8.29. The number of nitrogens with two attached hydrogens (primary N) is 1. The zero-order valence-electron chi connectivity index (χ0n) is 17.9. The number of imidazole rings is 1. The van der Waals surface area contributed by atoms with Crippen LogP contribution in [0.3, 0.4) is 0 Å². The third kappa shape index (κ3) is 3.87. The maximum atomic E-state index is 14.3. The van der Waals surface area contributed by atoms with E-state index in [4.69, 9.17) is 5.73 Å². The third-order valence-electron chi connectivity index (χ3n) is 5.95. The highest BCUT2D eigenvalue weighted by Gasteiger charge is 2.31. The van der Waals surface area contributed by atoms with Gasteiger partial charge in [0, 0.05) is 31.2 Å². The molecule has 33 heavy (non-hydrogen) atoms. The van der Waals surface area contributed by atoms with Gasteiger partial charge in [0.05, 0.1) is 46.6 Å². The first-order chi connectivity index (χ1) is 15.9. The summed E-state index contributed by atoms with van der Waals surface area (Å²) >= 11 is 0. The van der Waals surface area contributed by atoms with Crippen molar-refractivity contribution in [3.63, 3.8) is 0 Å². The standard InChI is InChI=1S/C23H23F2N7O/c1-13-11-31(12-17(26)22(13)33)20-7-8-27-10-19(20)29-23-28-9-14-5-6-18(30-32(14)23)21-15(24)3-2-4-16(21)25/h2-10,13,17,22,33H,11-12,26H2,1H3,(H,28,29). The average Bonchev–Trinajstić information content (AvgIpc) is 3.19. The number of nitrogens with one attached hydrogen (secondary N) is 1. The van der Waals surface area contributed by atoms with Gasteiger partial charge in [-0.25, -0.2) is 13.8 Å². The lowest BCUT2D eigenvalue weighted by Gasteiger charge is -2.40. The van der Waals surface area contributed by atoms with Crippen molar-refractivity contribution in [1.29, 1.82) is 0 Å². The molecule has 0 saturated carbocycles. The molecule has 170 valence electrons. The molecule has 0 radical (unpaired) electrons. The van der Waals surface area contributed by atoms with E-state index < -0.39 is 17.7 Å². The molecule has 0 spiro atoms. The van der Waals surface area contributed by atoms with Gasteiger partial charge in [-0.1, -0.05) is 13.0 Å². The van der Waals surface area contributed by atoms with Crippen LogP contribution in [-0.4, -0.2) is 49.9 Å². The molecule has 8 nitrogen and oxygen atoms in total. The van der Waals surface area contributed by atoms with Crippen molar-refractivity contribution in [2.75, 3.05) is 23.3 Å². The fraction of sp³-hybridized carbons (Fsp3) is 0.261. The monoisotopic (exact) mass is 451 g/mol. The van der Waals surface area contributed by atoms with Crippen LogP contribution in [0.5, 0.6) is 0 Å². The Hall–Kier alpha value is -3.63. The van der Waals surface area contributed by atoms with Gasteiger partial charge in [-0.15, -0.1) is 0 Å². The predicted octanol–water partition coefficient (Wildman–Crippen LogP) is 2.96. The molecule has 4 N–H and O–H groups in total. The first kappa shape index (κ1) is 21.2. The van der Waals surface area contributed by atoms with Crippen LogP contribution < -0.4 is 16.0 Å². The highest BCUT2D eigenvalue weighted by atomic mass is 19.1. The molecule has 4 heterocycles. The summed E-state index contributed by atoms with van der Waals surface area (Å²) in [6.45, 7) is 3.08. The van der Waals surface area contributed by atoms with Gasteiger partial charge in [0.1, 0.15) is 11.6 Å². The van der Waals surface area contributed by atoms with Crippen LogP contribution in [0, 0.1) is 17.6 Å². The number of aliphatic hydroxyl groups is 1. The smallest absolute Gasteiger partial charge is 0.229 e. The van der Waals surface area contributed by atoms with Gasteiger partial charge >= 0.3 is 0 Å². The Morgan fingerprint density at radius 2 is 1.88 bits per heavy atom. The van der Waals surface area contributed by atoms with Crippen molar-refractivity contribution >= 4 is 22.8 Å². The Morgan fingerprint density at radius 3 is 2.64 bits per heavy atom. The summed E-state index contributed by atoms with van der Waals surface area (Å²) in [5, 5.41) is 17.9. The number of pyridine rings is 1. The minimum Gasteiger partial charge on any atom is -0.391 e. The van der Waals surface area contributed by atoms with Gasteiger partial charge < -0.3 is 21.1 Å². The quantitative estimate of drug-likeness (QED) is 0.438. The summed E-state index contributed by atoms with van der Waals surface area (Å²) in [4.78, 5) is 10.7. The molecule has 1 saturated heterocycles. The lowest BCUT2D eigenvalue weighted by atomic mass is 9.92. The van der Waals surface area contributed by atoms with E-state index in [9.17, 15) is 13.9 Å². The number of rotatable bonds is 4. The Balaban J connectivity index is 1.51. The topological polar surface area (TPSA) is 105 Å². The number of anilines is 3. The summed E-state index contributed by atoms with van der Waals surface area (Å²) in [5.74, 6) is -1.01. The Morgan fingerprint density at radius 1 is 1.09 bits per heavy atom. The number of hydrogen-bond acceptors (Lipinski definition) is 7. The Bertz CT molecular complexity index is 1280. The number of aliphatic hydroxyl groups excluding tert-OH is 1. The van der Waals surface area contributed by atoms with Gasteiger partial charge in [0.25, 0.3) is 0 Å². The maximum absolute atomic E-state index is 14.3. The van der Waals surface area contributed by atoms with Crippen molar-refractivity contribution in [3.8, 4) is 11.3 Å². The van der Waals surface area contributed by atoms with E-state index in [-0.39, 0.29) is 23.2 Å². The normalized spacial score (nSPS) is 20.9. The van der Waals surface area contributed by atoms with Crippen LogP contribution in [0.2, 0.25) is 0 Å². The number of fused-ring (bicyclic) bond motifs is 1. The van der Waals surface area contributed by atoms with E-state index in [1.165, 1.54) is 22.7 Å². The number of nitrogens with zero attached hydrogens (tertiary/aromatic N) is 5. The summed E-state index contributed by atoms with van der Waals surface area (Å²) < 4.78 is 30.1. The fourth-order valence-corrected chi connectivity index (χ4v) is 4.24. The molecule has 3 aromatic heterocycles. The van der Waals surface area contributed by atoms with E-state index >= 15 is 0 Å². The Labute approximate surface area is 188 Å². The lowest BCUT2D eigenvalue weighted by molar-refractivity contribution is 0.0785. The Kier molecular flexibility index (Phi) is 5.39. The molecule has 3 atom stereocenters. The molecule has 1 aliphatic heterocycles. The van der Waals surface area contributed by atoms with Crippen LogP contribution in [0.25, 0.3) is 16.8 Å². The van der Waals surface area contributed by atoms with E-state index in [0.717, 1.165) is 5.69 Å². The molecular weight excluding hydrogens is 428 g/mol. The molecule has 5 rings (SSSR count). The molecule has 1 fully saturated rings. The molecule has 1 aliphatic rings. The summed E-state index contributed by atoms with van der Waals surface area (Å²) in [5.41, 5.74) is 8.27. The van der Waals surface area contributed by atoms with Gasteiger partial charge in [-0.05, 0) is 30.3 Å². The van der Waals surface area contributed by atoms with Gasteiger partial charge in [0.15, 0.2) is 0 Å². The van der Waals surface area contributed by atoms with Crippen molar-refractivity contribution in [1.82, 2.24) is 19.6 Å². The summed E-state index contributed by atoms with van der Waals surface area (Å²) in [7, 11) is 0. The number of halogens is 2. The number of aromatic nitrogens is 4. The van der Waals surface area contributed by atoms with Gasteiger partial charge in [-0.3, -0.25) is 4.98 Å². The van der Waals surface area contributed by atoms with E-state index in [1.54, 1.807) is 30.7 Å². The van der Waals surface area contributed by atoms with Crippen LogP contribution >= 0.6 is 0 Å². The minimum atomic E-state index is -0.691. The SMILES string of the molecule is CC1CN(c2ccncc2Nc2ncc3ccc(-c4c(F)cccc4F)nn23)CC(N)C1O. The fourth-order valence-electron chi connectivity index (χ4n) is 4.24. The molecule has 4 aromatic rings. The highest BCUT2D eigenvalue weighted by Crippen LogP contribution is 2.31. The first-order valence-electron chi connectivity index (χ1n) is 10.6. The van der Waals surface area contributed by atoms with Crippen LogP contribution in [-0.2, 0) is 0 Å². The van der Waals surface area contributed by atoms with Crippen LogP contribution in [0.4, 0.5) is 26.1 Å². The summed E-state index contributed by atoms with van der Waals surface area (Å²) in [6.07, 6.45) is 4.40. The minimum absolute atomic E-state index is 0.00177. The van der Waals surface area contributed by atoms with Crippen LogP contribution in [0.15, 0.2) is 55.0 Å². The van der Waals surface area contributed by atoms with E-state index in [0.29, 0.717) is 30.2 Å². The van der Waals surface area contributed by atoms with E-state index in [1.807, 2.05) is 13.0 Å². The molecule has 10 heteroatoms.